The number of aromatic nitrogens is 5. The summed E-state index contributed by atoms with van der Waals surface area (Å²) in [5.41, 5.74) is 4.06. The van der Waals surface area contributed by atoms with Crippen molar-refractivity contribution in [3.05, 3.63) is 140 Å². The molecule has 0 unspecified atom stereocenters. The Kier molecular flexibility index (Phi) is 8.70. The fourth-order valence-corrected chi connectivity index (χ4v) is 9.53. The number of aromatic amines is 1. The summed E-state index contributed by atoms with van der Waals surface area (Å²) in [5.74, 6) is 0.133. The highest BCUT2D eigenvalue weighted by atomic mass is 16.5. The summed E-state index contributed by atoms with van der Waals surface area (Å²) in [6.07, 6.45) is 2.79. The lowest BCUT2D eigenvalue weighted by molar-refractivity contribution is 0.0658. The van der Waals surface area contributed by atoms with Crippen molar-refractivity contribution in [1.82, 2.24) is 34.1 Å². The Balaban J connectivity index is 1.06. The summed E-state index contributed by atoms with van der Waals surface area (Å²) >= 11 is 0. The number of urea groups is 1. The molecule has 6 heterocycles. The predicted molar refractivity (Wildman–Crippen MR) is 215 cm³/mol. The normalized spacial score (nSPS) is 22.2. The van der Waals surface area contributed by atoms with Gasteiger partial charge in [0.2, 0.25) is 5.95 Å². The van der Waals surface area contributed by atoms with E-state index in [4.69, 9.17) is 14.2 Å². The van der Waals surface area contributed by atoms with E-state index in [0.29, 0.717) is 73.6 Å². The maximum Gasteiger partial charge on any atom is 0.438 e. The van der Waals surface area contributed by atoms with E-state index in [1.54, 1.807) is 14.7 Å². The van der Waals surface area contributed by atoms with Crippen LogP contribution in [0, 0.1) is 5.92 Å². The number of carbonyl (C=O) groups is 2. The largest absolute Gasteiger partial charge is 0.438 e. The molecular weight excluding hydrogens is 737 g/mol. The zero-order valence-electron chi connectivity index (χ0n) is 32.5. The number of para-hydroxylation sites is 1. The average Bonchev–Trinajstić information content (AvgIpc) is 3.55. The number of rotatable bonds is 8. The molecule has 296 valence electrons. The first-order chi connectivity index (χ1) is 28.2. The monoisotopic (exact) mass is 780 g/mol. The molecule has 3 fully saturated rings. The molecule has 2 saturated heterocycles. The Morgan fingerprint density at radius 1 is 0.914 bits per heavy atom. The van der Waals surface area contributed by atoms with E-state index >= 15 is 4.79 Å². The molecule has 3 aromatic carbocycles. The van der Waals surface area contributed by atoms with E-state index in [1.807, 2.05) is 78.2 Å². The van der Waals surface area contributed by atoms with Crippen molar-refractivity contribution < 1.29 is 18.8 Å². The van der Waals surface area contributed by atoms with Crippen LogP contribution in [0.5, 0.6) is 0 Å². The third kappa shape index (κ3) is 5.79. The molecule has 58 heavy (non-hydrogen) atoms. The molecule has 3 amide bonds. The molecule has 1 aliphatic carbocycles. The molecule has 0 radical (unpaired) electrons. The van der Waals surface area contributed by atoms with Crippen LogP contribution in [0.1, 0.15) is 83.8 Å². The second-order valence-electron chi connectivity index (χ2n) is 16.1. The van der Waals surface area contributed by atoms with Gasteiger partial charge in [0.1, 0.15) is 11.2 Å². The molecule has 10 rings (SSSR count). The molecule has 1 N–H and O–H groups in total. The highest BCUT2D eigenvalue weighted by molar-refractivity contribution is 6.00. The molecule has 14 heteroatoms. The Hall–Kier alpha value is -6.28. The van der Waals surface area contributed by atoms with Crippen molar-refractivity contribution in [3.63, 3.8) is 0 Å². The predicted octanol–water partition coefficient (Wildman–Crippen LogP) is 5.74. The van der Waals surface area contributed by atoms with E-state index < -0.39 is 17.3 Å². The minimum atomic E-state index is -0.799. The van der Waals surface area contributed by atoms with Crippen LogP contribution in [-0.4, -0.2) is 78.8 Å². The topological polar surface area (TPSA) is 152 Å². The van der Waals surface area contributed by atoms with Gasteiger partial charge in [-0.15, -0.1) is 0 Å². The summed E-state index contributed by atoms with van der Waals surface area (Å²) in [5, 5.41) is 5.07. The van der Waals surface area contributed by atoms with E-state index in [-0.39, 0.29) is 42.3 Å². The van der Waals surface area contributed by atoms with Crippen LogP contribution in [-0.2, 0) is 23.2 Å². The summed E-state index contributed by atoms with van der Waals surface area (Å²) in [7, 11) is 0. The third-order valence-electron chi connectivity index (χ3n) is 12.7. The lowest BCUT2D eigenvalue weighted by Gasteiger charge is -2.36. The Morgan fingerprint density at radius 2 is 1.66 bits per heavy atom. The number of anilines is 1. The maximum absolute atomic E-state index is 15.2. The van der Waals surface area contributed by atoms with Crippen molar-refractivity contribution in [1.29, 1.82) is 0 Å². The highest BCUT2D eigenvalue weighted by Crippen LogP contribution is 2.56. The van der Waals surface area contributed by atoms with Gasteiger partial charge in [0, 0.05) is 55.9 Å². The van der Waals surface area contributed by atoms with Crippen LogP contribution in [0.3, 0.4) is 0 Å². The molecule has 14 nitrogen and oxygen atoms in total. The van der Waals surface area contributed by atoms with Gasteiger partial charge >= 0.3 is 11.8 Å². The Morgan fingerprint density at radius 3 is 2.36 bits per heavy atom. The van der Waals surface area contributed by atoms with Gasteiger partial charge in [-0.1, -0.05) is 66.7 Å². The van der Waals surface area contributed by atoms with Crippen molar-refractivity contribution >= 4 is 28.8 Å². The number of hydrogen-bond acceptors (Lipinski definition) is 8. The van der Waals surface area contributed by atoms with Crippen molar-refractivity contribution in [2.75, 3.05) is 37.7 Å². The van der Waals surface area contributed by atoms with Gasteiger partial charge in [-0.05, 0) is 85.9 Å². The minimum Gasteiger partial charge on any atom is -0.381 e. The lowest BCUT2D eigenvalue weighted by Crippen LogP contribution is -2.45. The summed E-state index contributed by atoms with van der Waals surface area (Å²) in [6, 6.07) is 26.6. The molecule has 6 aromatic rings. The highest BCUT2D eigenvalue weighted by Gasteiger charge is 2.59. The molecule has 3 atom stereocenters. The van der Waals surface area contributed by atoms with Gasteiger partial charge in [0.15, 0.2) is 5.82 Å². The molecule has 0 bridgehead atoms. The van der Waals surface area contributed by atoms with Gasteiger partial charge in [-0.25, -0.2) is 19.1 Å². The number of ether oxygens (including phenoxy) is 1. The number of nitrogens with zero attached hydrogens (tertiary/aromatic N) is 7. The molecule has 4 aliphatic rings. The summed E-state index contributed by atoms with van der Waals surface area (Å²) < 4.78 is 14.2. The number of benzene rings is 3. The van der Waals surface area contributed by atoms with Gasteiger partial charge in [-0.2, -0.15) is 0 Å². The van der Waals surface area contributed by atoms with E-state index in [1.165, 1.54) is 10.1 Å². The number of amides is 3. The van der Waals surface area contributed by atoms with Crippen LogP contribution in [0.15, 0.2) is 99.0 Å². The Bertz CT molecular complexity index is 2680. The first-order valence-electron chi connectivity index (χ1n) is 20.2. The zero-order chi connectivity index (χ0) is 39.7. The molecular formula is C44H44N8O6. The summed E-state index contributed by atoms with van der Waals surface area (Å²) in [4.78, 5) is 69.3. The fraction of sp³-hybridized carbons (Fsp3) is 0.364. The molecule has 0 spiro atoms. The van der Waals surface area contributed by atoms with Crippen LogP contribution in [0.4, 0.5) is 10.7 Å². The average molecular weight is 781 g/mol. The van der Waals surface area contributed by atoms with Gasteiger partial charge in [-0.3, -0.25) is 24.0 Å². The molecule has 3 aromatic heterocycles. The van der Waals surface area contributed by atoms with Gasteiger partial charge in [0.05, 0.1) is 17.4 Å². The van der Waals surface area contributed by atoms with Gasteiger partial charge in [0.25, 0.3) is 11.5 Å². The first-order valence-corrected chi connectivity index (χ1v) is 20.2. The first kappa shape index (κ1) is 36.1. The fourth-order valence-electron chi connectivity index (χ4n) is 9.53. The van der Waals surface area contributed by atoms with Crippen molar-refractivity contribution in [2.24, 2.45) is 5.92 Å². The van der Waals surface area contributed by atoms with Crippen LogP contribution < -0.4 is 16.2 Å². The lowest BCUT2D eigenvalue weighted by atomic mass is 9.91. The SMILES string of the molecule is C[C@@H]1c2nc(N3CCN(Cc4ccccc4)C3=O)n(-c3ccccc3)c(=O)c2CCN1C(=O)c1cc2cc(C3CCOCC3)ccc2n1[C@@]1(c2noc(=O)[nH]2)C[C@@H]1C. The number of carbonyl (C=O) groups excluding carboxylic acids is 2. The smallest absolute Gasteiger partial charge is 0.381 e. The second kappa shape index (κ2) is 14.0. The van der Waals surface area contributed by atoms with Crippen molar-refractivity contribution in [3.8, 4) is 5.69 Å². The Labute approximate surface area is 333 Å². The standard InChI is InChI=1S/C44H44N8O6/c1-27-25-44(27,40-46-42(55)58-47-40)52-35-14-13-31(30-16-21-57-22-17-30)23-32(35)24-36(52)39(54)49-18-15-34-37(28(49)2)45-41(51(38(34)53)33-11-7-4-8-12-33)50-20-19-48(43(50)56)26-29-9-5-3-6-10-29/h3-14,23-24,27-28,30H,15-22,25-26H2,1-2H3,(H,46,47,55)/t27-,28+,44-/m0/s1. The number of hydrogen-bond donors (Lipinski definition) is 1. The van der Waals surface area contributed by atoms with E-state index in [9.17, 15) is 14.4 Å². The molecule has 3 aliphatic heterocycles. The van der Waals surface area contributed by atoms with E-state index in [0.717, 1.165) is 29.3 Å². The van der Waals surface area contributed by atoms with Crippen molar-refractivity contribution in [2.45, 2.75) is 63.6 Å². The third-order valence-corrected chi connectivity index (χ3v) is 12.7. The number of fused-ring (bicyclic) bond motifs is 2. The van der Waals surface area contributed by atoms with Gasteiger partial charge < -0.3 is 19.1 Å². The summed E-state index contributed by atoms with van der Waals surface area (Å²) in [6.45, 7) is 6.93. The minimum absolute atomic E-state index is 0.0465. The second-order valence-corrected chi connectivity index (χ2v) is 16.1. The molecule has 1 saturated carbocycles. The van der Waals surface area contributed by atoms with Crippen LogP contribution in [0.25, 0.3) is 16.6 Å². The quantitative estimate of drug-likeness (QED) is 0.205. The van der Waals surface area contributed by atoms with E-state index in [2.05, 4.69) is 35.3 Å². The number of H-pyrrole nitrogens is 1. The zero-order valence-corrected chi connectivity index (χ0v) is 32.5. The maximum atomic E-state index is 15.2. The van der Waals surface area contributed by atoms with Crippen LogP contribution in [0.2, 0.25) is 0 Å². The number of nitrogens with one attached hydrogen (secondary N) is 1. The van der Waals surface area contributed by atoms with Crippen LogP contribution >= 0.6 is 0 Å².